The highest BCUT2D eigenvalue weighted by atomic mass is 32.2. The van der Waals surface area contributed by atoms with Gasteiger partial charge in [0.05, 0.1) is 6.54 Å². The van der Waals surface area contributed by atoms with Crippen LogP contribution in [0.3, 0.4) is 0 Å². The molecule has 2 aromatic rings. The van der Waals surface area contributed by atoms with Gasteiger partial charge in [-0.2, -0.15) is 0 Å². The van der Waals surface area contributed by atoms with Crippen molar-refractivity contribution in [2.45, 2.75) is 24.5 Å². The molecule has 2 N–H and O–H groups in total. The maximum atomic E-state index is 5.45. The Morgan fingerprint density at radius 2 is 1.90 bits per heavy atom. The van der Waals surface area contributed by atoms with Crippen LogP contribution in [0.2, 0.25) is 0 Å². The van der Waals surface area contributed by atoms with E-state index in [0.29, 0.717) is 6.54 Å². The van der Waals surface area contributed by atoms with Crippen molar-refractivity contribution < 1.29 is 0 Å². The van der Waals surface area contributed by atoms with Gasteiger partial charge in [0.25, 0.3) is 0 Å². The van der Waals surface area contributed by atoms with Gasteiger partial charge in [-0.25, -0.2) is 0 Å². The van der Waals surface area contributed by atoms with E-state index in [0.717, 1.165) is 11.3 Å². The Hall–Kier alpha value is -1.69. The van der Waals surface area contributed by atoms with Crippen molar-refractivity contribution in [2.24, 2.45) is 5.73 Å². The topological polar surface area (TPSA) is 26.0 Å². The molecule has 0 aliphatic carbocycles. The molecule has 0 saturated heterocycles. The number of hydrogen-bond donors (Lipinski definition) is 1. The average molecular weight is 281 g/mol. The molecule has 0 heterocycles. The number of aryl methyl sites for hydroxylation is 2. The maximum absolute atomic E-state index is 5.45. The summed E-state index contributed by atoms with van der Waals surface area (Å²) in [4.78, 5) is 1.34. The number of rotatable bonds is 3. The molecule has 0 saturated carbocycles. The highest BCUT2D eigenvalue weighted by Crippen LogP contribution is 2.27. The van der Waals surface area contributed by atoms with Crippen molar-refractivity contribution in [2.75, 3.05) is 6.54 Å². The molecule has 0 amide bonds. The summed E-state index contributed by atoms with van der Waals surface area (Å²) in [5.74, 6) is 7.01. The summed E-state index contributed by atoms with van der Waals surface area (Å²) in [6.07, 6.45) is 0. The summed E-state index contributed by atoms with van der Waals surface area (Å²) < 4.78 is 0. The Morgan fingerprint density at radius 1 is 1.10 bits per heavy atom. The quantitative estimate of drug-likeness (QED) is 0.682. The van der Waals surface area contributed by atoms with Gasteiger partial charge in [0, 0.05) is 16.2 Å². The van der Waals surface area contributed by atoms with E-state index in [1.807, 2.05) is 17.8 Å². The molecule has 0 bridgehead atoms. The van der Waals surface area contributed by atoms with Crippen LogP contribution < -0.4 is 5.73 Å². The standard InChI is InChI=1S/C18H19NS/c1-14-9-10-15(2)18(12-14)20-13-17-7-4-3-6-16(17)8-5-11-19/h3-4,6-7,9-10,12H,11,13,19H2,1-2H3. The SMILES string of the molecule is Cc1ccc(C)c(SCc2ccccc2C#CCN)c1. The van der Waals surface area contributed by atoms with Gasteiger partial charge < -0.3 is 5.73 Å². The van der Waals surface area contributed by atoms with Crippen LogP contribution in [-0.2, 0) is 5.75 Å². The second kappa shape index (κ2) is 7.19. The van der Waals surface area contributed by atoms with Crippen LogP contribution in [0.5, 0.6) is 0 Å². The van der Waals surface area contributed by atoms with Crippen molar-refractivity contribution in [3.05, 3.63) is 64.7 Å². The Bertz CT molecular complexity index is 650. The van der Waals surface area contributed by atoms with Crippen molar-refractivity contribution in [3.8, 4) is 11.8 Å². The van der Waals surface area contributed by atoms with Crippen molar-refractivity contribution in [1.82, 2.24) is 0 Å². The molecular formula is C18H19NS. The van der Waals surface area contributed by atoms with Gasteiger partial charge in [0.1, 0.15) is 0 Å². The Balaban J connectivity index is 2.17. The molecule has 0 atom stereocenters. The summed E-state index contributed by atoms with van der Waals surface area (Å²) in [6, 6.07) is 14.9. The zero-order valence-corrected chi connectivity index (χ0v) is 12.8. The second-order valence-corrected chi connectivity index (χ2v) is 5.74. The summed E-state index contributed by atoms with van der Waals surface area (Å²) in [6.45, 7) is 4.69. The normalized spacial score (nSPS) is 9.95. The first-order chi connectivity index (χ1) is 9.70. The maximum Gasteiger partial charge on any atom is 0.0555 e. The third-order valence-electron chi connectivity index (χ3n) is 3.07. The lowest BCUT2D eigenvalue weighted by Crippen LogP contribution is -1.94. The van der Waals surface area contributed by atoms with Gasteiger partial charge in [-0.3, -0.25) is 0 Å². The van der Waals surface area contributed by atoms with E-state index in [1.165, 1.54) is 21.6 Å². The fourth-order valence-corrected chi connectivity index (χ4v) is 3.06. The number of hydrogen-bond acceptors (Lipinski definition) is 2. The average Bonchev–Trinajstić information content (AvgIpc) is 2.47. The van der Waals surface area contributed by atoms with Crippen LogP contribution in [0.15, 0.2) is 47.4 Å². The first kappa shape index (κ1) is 14.7. The number of nitrogens with two attached hydrogens (primary N) is 1. The third kappa shape index (κ3) is 3.90. The summed E-state index contributed by atoms with van der Waals surface area (Å²) in [7, 11) is 0. The van der Waals surface area contributed by atoms with Crippen molar-refractivity contribution >= 4 is 11.8 Å². The molecule has 20 heavy (non-hydrogen) atoms. The van der Waals surface area contributed by atoms with Crippen LogP contribution in [0.4, 0.5) is 0 Å². The fourth-order valence-electron chi connectivity index (χ4n) is 1.93. The zero-order chi connectivity index (χ0) is 14.4. The van der Waals surface area contributed by atoms with Gasteiger partial charge in [-0.05, 0) is 37.1 Å². The van der Waals surface area contributed by atoms with E-state index in [4.69, 9.17) is 5.73 Å². The molecule has 1 nitrogen and oxygen atoms in total. The third-order valence-corrected chi connectivity index (χ3v) is 4.28. The minimum Gasteiger partial charge on any atom is -0.320 e. The van der Waals surface area contributed by atoms with Crippen LogP contribution in [0.25, 0.3) is 0 Å². The molecule has 2 heteroatoms. The lowest BCUT2D eigenvalue weighted by Gasteiger charge is -2.08. The molecule has 0 spiro atoms. The zero-order valence-electron chi connectivity index (χ0n) is 11.9. The van der Waals surface area contributed by atoms with Crippen molar-refractivity contribution in [3.63, 3.8) is 0 Å². The summed E-state index contributed by atoms with van der Waals surface area (Å²) in [5, 5.41) is 0. The van der Waals surface area contributed by atoms with Gasteiger partial charge in [-0.1, -0.05) is 47.7 Å². The molecule has 0 aliphatic rings. The largest absolute Gasteiger partial charge is 0.320 e. The van der Waals surface area contributed by atoms with Crippen LogP contribution >= 0.6 is 11.8 Å². The van der Waals surface area contributed by atoms with E-state index in [-0.39, 0.29) is 0 Å². The first-order valence-electron chi connectivity index (χ1n) is 6.67. The smallest absolute Gasteiger partial charge is 0.0555 e. The monoisotopic (exact) mass is 281 g/mol. The molecular weight excluding hydrogens is 262 g/mol. The summed E-state index contributed by atoms with van der Waals surface area (Å²) in [5.41, 5.74) is 10.4. The van der Waals surface area contributed by atoms with Gasteiger partial charge in [-0.15, -0.1) is 11.8 Å². The number of thioether (sulfide) groups is 1. The van der Waals surface area contributed by atoms with E-state index in [1.54, 1.807) is 0 Å². The first-order valence-corrected chi connectivity index (χ1v) is 7.66. The molecule has 2 rings (SSSR count). The molecule has 0 aromatic heterocycles. The predicted molar refractivity (Wildman–Crippen MR) is 87.9 cm³/mol. The lowest BCUT2D eigenvalue weighted by molar-refractivity contribution is 1.25. The van der Waals surface area contributed by atoms with Crippen molar-refractivity contribution in [1.29, 1.82) is 0 Å². The molecule has 2 aromatic carbocycles. The number of benzene rings is 2. The summed E-state index contributed by atoms with van der Waals surface area (Å²) >= 11 is 1.86. The van der Waals surface area contributed by atoms with E-state index in [9.17, 15) is 0 Å². The van der Waals surface area contributed by atoms with E-state index < -0.39 is 0 Å². The minimum absolute atomic E-state index is 0.401. The van der Waals surface area contributed by atoms with Crippen LogP contribution in [0.1, 0.15) is 22.3 Å². The minimum atomic E-state index is 0.401. The van der Waals surface area contributed by atoms with Crippen LogP contribution in [0, 0.1) is 25.7 Å². The molecule has 0 radical (unpaired) electrons. The van der Waals surface area contributed by atoms with Gasteiger partial charge in [0.2, 0.25) is 0 Å². The van der Waals surface area contributed by atoms with E-state index in [2.05, 4.69) is 62.1 Å². The molecule has 102 valence electrons. The highest BCUT2D eigenvalue weighted by Gasteiger charge is 2.03. The van der Waals surface area contributed by atoms with Crippen LogP contribution in [-0.4, -0.2) is 6.54 Å². The Kier molecular flexibility index (Phi) is 5.29. The predicted octanol–water partition coefficient (Wildman–Crippen LogP) is 3.91. The van der Waals surface area contributed by atoms with Gasteiger partial charge >= 0.3 is 0 Å². The Morgan fingerprint density at radius 3 is 2.70 bits per heavy atom. The highest BCUT2D eigenvalue weighted by molar-refractivity contribution is 7.98. The fraction of sp³-hybridized carbons (Fsp3) is 0.222. The molecule has 0 fully saturated rings. The second-order valence-electron chi connectivity index (χ2n) is 4.72. The lowest BCUT2D eigenvalue weighted by atomic mass is 10.1. The molecule has 0 aliphatic heterocycles. The van der Waals surface area contributed by atoms with Gasteiger partial charge in [0.15, 0.2) is 0 Å². The molecule has 0 unspecified atom stereocenters. The Labute approximate surface area is 125 Å². The van der Waals surface area contributed by atoms with E-state index >= 15 is 0 Å².